The van der Waals surface area contributed by atoms with Crippen molar-refractivity contribution in [1.82, 2.24) is 0 Å². The minimum Gasteiger partial charge on any atom is -0.396 e. The average Bonchev–Trinajstić information content (AvgIpc) is 3.05. The minimum atomic E-state index is -0.261. The first-order valence-corrected chi connectivity index (χ1v) is 12.0. The number of hydrogen-bond donors (Lipinski definition) is 2. The van der Waals surface area contributed by atoms with Crippen LogP contribution in [0.3, 0.4) is 0 Å². The number of rotatable bonds is 6. The molecule has 3 heteroatoms. The number of hydrogen-bond acceptors (Lipinski definition) is 3. The first kappa shape index (κ1) is 22.0. The van der Waals surface area contributed by atoms with Crippen molar-refractivity contribution in [2.45, 2.75) is 71.5 Å². The highest BCUT2D eigenvalue weighted by Crippen LogP contribution is 2.63. The van der Waals surface area contributed by atoms with E-state index >= 15 is 0 Å². The van der Waals surface area contributed by atoms with Crippen LogP contribution in [0.15, 0.2) is 42.5 Å². The van der Waals surface area contributed by atoms with Crippen molar-refractivity contribution >= 4 is 0 Å². The molecule has 0 saturated heterocycles. The second kappa shape index (κ2) is 8.76. The molecule has 4 rings (SSSR count). The number of benzene rings is 1. The highest BCUT2D eigenvalue weighted by Gasteiger charge is 2.56. The van der Waals surface area contributed by atoms with Crippen LogP contribution in [0, 0.1) is 34.5 Å². The molecule has 0 radical (unpaired) electrons. The van der Waals surface area contributed by atoms with Crippen LogP contribution in [0.25, 0.3) is 0 Å². The molecule has 0 amide bonds. The van der Waals surface area contributed by atoms with Crippen molar-refractivity contribution in [2.24, 2.45) is 34.5 Å². The Kier molecular flexibility index (Phi) is 6.44. The monoisotopic (exact) mass is 412 g/mol. The number of fused-ring (bicyclic) bond motifs is 1. The third kappa shape index (κ3) is 3.89. The van der Waals surface area contributed by atoms with E-state index in [9.17, 15) is 10.2 Å². The zero-order chi connectivity index (χ0) is 21.4. The van der Waals surface area contributed by atoms with E-state index in [0.717, 1.165) is 32.3 Å². The Bertz CT molecular complexity index is 731. The molecule has 0 spiro atoms. The lowest BCUT2D eigenvalue weighted by Gasteiger charge is -2.56. The van der Waals surface area contributed by atoms with E-state index in [1.54, 1.807) is 0 Å². The fourth-order valence-electron chi connectivity index (χ4n) is 7.30. The number of allylic oxidation sites excluding steroid dienone is 1. The van der Waals surface area contributed by atoms with Gasteiger partial charge in [-0.25, -0.2) is 0 Å². The summed E-state index contributed by atoms with van der Waals surface area (Å²) in [5.41, 5.74) is 2.96. The van der Waals surface area contributed by atoms with Crippen molar-refractivity contribution in [3.63, 3.8) is 0 Å². The summed E-state index contributed by atoms with van der Waals surface area (Å²) in [6.45, 7) is 10.9. The molecular formula is C27H40O3. The van der Waals surface area contributed by atoms with Gasteiger partial charge in [0.05, 0.1) is 19.3 Å². The van der Waals surface area contributed by atoms with Crippen LogP contribution in [0.2, 0.25) is 0 Å². The van der Waals surface area contributed by atoms with Crippen LogP contribution >= 0.6 is 0 Å². The van der Waals surface area contributed by atoms with Gasteiger partial charge in [-0.3, -0.25) is 0 Å². The summed E-state index contributed by atoms with van der Waals surface area (Å²) in [4.78, 5) is 0. The normalized spacial score (nSPS) is 41.6. The molecule has 3 nitrogen and oxygen atoms in total. The Morgan fingerprint density at radius 2 is 1.83 bits per heavy atom. The van der Waals surface area contributed by atoms with Gasteiger partial charge in [-0.1, -0.05) is 56.3 Å². The standard InChI is InChI=1S/C27H40O3/c1-19-9-10-24-23(18-30-17-20-7-5-4-6-8-20)25(12-14-26(19,24)2)27(3)13-11-22(29)15-21(27)16-28/h4-8,21-25,28-29H,1,9-18H2,2-3H3/t21-,22+,23+,24+,25+,26-,27+/m1/s1. The molecule has 0 unspecified atom stereocenters. The highest BCUT2D eigenvalue weighted by atomic mass is 16.5. The van der Waals surface area contributed by atoms with Gasteiger partial charge < -0.3 is 14.9 Å². The maximum Gasteiger partial charge on any atom is 0.0717 e. The number of aliphatic hydroxyl groups is 2. The third-order valence-corrected chi connectivity index (χ3v) is 9.39. The fourth-order valence-corrected chi connectivity index (χ4v) is 7.30. The highest BCUT2D eigenvalue weighted by molar-refractivity contribution is 5.21. The van der Waals surface area contributed by atoms with Crippen molar-refractivity contribution in [2.75, 3.05) is 13.2 Å². The van der Waals surface area contributed by atoms with Crippen LogP contribution in [-0.4, -0.2) is 29.5 Å². The summed E-state index contributed by atoms with van der Waals surface area (Å²) in [5.74, 6) is 1.81. The van der Waals surface area contributed by atoms with Gasteiger partial charge in [-0.05, 0) is 85.0 Å². The van der Waals surface area contributed by atoms with Crippen LogP contribution in [-0.2, 0) is 11.3 Å². The van der Waals surface area contributed by atoms with E-state index in [2.05, 4.69) is 44.7 Å². The molecule has 1 aromatic carbocycles. The van der Waals surface area contributed by atoms with Gasteiger partial charge in [0.25, 0.3) is 0 Å². The Morgan fingerprint density at radius 3 is 2.57 bits per heavy atom. The Labute approximate surface area is 182 Å². The smallest absolute Gasteiger partial charge is 0.0717 e. The molecule has 30 heavy (non-hydrogen) atoms. The van der Waals surface area contributed by atoms with E-state index in [1.165, 1.54) is 30.4 Å². The lowest BCUT2D eigenvalue weighted by Crippen LogP contribution is -2.52. The van der Waals surface area contributed by atoms with Gasteiger partial charge in [0.1, 0.15) is 0 Å². The van der Waals surface area contributed by atoms with E-state index in [4.69, 9.17) is 4.74 Å². The first-order valence-electron chi connectivity index (χ1n) is 12.0. The Hall–Kier alpha value is -1.16. The van der Waals surface area contributed by atoms with Crippen molar-refractivity contribution in [3.05, 3.63) is 48.0 Å². The maximum atomic E-state index is 10.3. The molecule has 166 valence electrons. The lowest BCUT2D eigenvalue weighted by molar-refractivity contribution is -0.113. The summed E-state index contributed by atoms with van der Waals surface area (Å²) in [5, 5.41) is 20.5. The summed E-state index contributed by atoms with van der Waals surface area (Å²) in [6, 6.07) is 10.4. The Morgan fingerprint density at radius 1 is 1.07 bits per heavy atom. The van der Waals surface area contributed by atoms with Gasteiger partial charge in [-0.2, -0.15) is 0 Å². The summed E-state index contributed by atoms with van der Waals surface area (Å²) >= 11 is 0. The third-order valence-electron chi connectivity index (χ3n) is 9.39. The molecule has 3 saturated carbocycles. The zero-order valence-corrected chi connectivity index (χ0v) is 18.9. The molecule has 1 aromatic rings. The lowest BCUT2D eigenvalue weighted by atomic mass is 9.49. The maximum absolute atomic E-state index is 10.3. The molecule has 3 fully saturated rings. The molecular weight excluding hydrogens is 372 g/mol. The zero-order valence-electron chi connectivity index (χ0n) is 18.9. The molecule has 0 aromatic heterocycles. The SMILES string of the molecule is C=C1CC[C@H]2[C@H](COCc3ccccc3)[C@@H]([C@@]3(C)CC[C@H](O)C[C@@H]3CO)CC[C@]12C. The van der Waals surface area contributed by atoms with Gasteiger partial charge in [0, 0.05) is 6.61 Å². The largest absolute Gasteiger partial charge is 0.396 e. The summed E-state index contributed by atoms with van der Waals surface area (Å²) < 4.78 is 6.36. The molecule has 0 bridgehead atoms. The van der Waals surface area contributed by atoms with E-state index < -0.39 is 0 Å². The van der Waals surface area contributed by atoms with Gasteiger partial charge in [-0.15, -0.1) is 0 Å². The predicted molar refractivity (Wildman–Crippen MR) is 121 cm³/mol. The van der Waals surface area contributed by atoms with Gasteiger partial charge >= 0.3 is 0 Å². The van der Waals surface area contributed by atoms with E-state index in [0.29, 0.717) is 24.4 Å². The second-order valence-corrected chi connectivity index (χ2v) is 10.8. The van der Waals surface area contributed by atoms with Crippen LogP contribution < -0.4 is 0 Å². The van der Waals surface area contributed by atoms with Gasteiger partial charge in [0.15, 0.2) is 0 Å². The van der Waals surface area contributed by atoms with E-state index in [1.807, 2.05) is 6.07 Å². The van der Waals surface area contributed by atoms with E-state index in [-0.39, 0.29) is 29.5 Å². The van der Waals surface area contributed by atoms with Crippen LogP contribution in [0.5, 0.6) is 0 Å². The fraction of sp³-hybridized carbons (Fsp3) is 0.704. The number of aliphatic hydroxyl groups excluding tert-OH is 2. The first-order chi connectivity index (χ1) is 14.4. The summed E-state index contributed by atoms with van der Waals surface area (Å²) in [6.07, 6.45) is 7.06. The Balaban J connectivity index is 1.57. The van der Waals surface area contributed by atoms with Crippen molar-refractivity contribution in [1.29, 1.82) is 0 Å². The molecule has 0 aliphatic heterocycles. The van der Waals surface area contributed by atoms with Crippen molar-refractivity contribution < 1.29 is 14.9 Å². The molecule has 2 N–H and O–H groups in total. The molecule has 3 aliphatic rings. The topological polar surface area (TPSA) is 49.7 Å². The molecule has 0 heterocycles. The van der Waals surface area contributed by atoms with Crippen LogP contribution in [0.1, 0.15) is 64.4 Å². The average molecular weight is 413 g/mol. The summed E-state index contributed by atoms with van der Waals surface area (Å²) in [7, 11) is 0. The second-order valence-electron chi connectivity index (χ2n) is 10.8. The number of ether oxygens (including phenoxy) is 1. The van der Waals surface area contributed by atoms with Crippen molar-refractivity contribution in [3.8, 4) is 0 Å². The predicted octanol–water partition coefficient (Wildman–Crippen LogP) is 5.36. The minimum absolute atomic E-state index is 0.0695. The quantitative estimate of drug-likeness (QED) is 0.618. The molecule has 7 atom stereocenters. The molecule has 3 aliphatic carbocycles. The van der Waals surface area contributed by atoms with Crippen LogP contribution in [0.4, 0.5) is 0 Å². The van der Waals surface area contributed by atoms with Gasteiger partial charge in [0.2, 0.25) is 0 Å².